The number of nitro groups is 1. The second-order valence-electron chi connectivity index (χ2n) is 4.03. The summed E-state index contributed by atoms with van der Waals surface area (Å²) < 4.78 is 16.2. The van der Waals surface area contributed by atoms with E-state index in [1.807, 2.05) is 0 Å². The fraction of sp³-hybridized carbons (Fsp3) is 0.500. The first kappa shape index (κ1) is 14.0. The van der Waals surface area contributed by atoms with Gasteiger partial charge in [0.15, 0.2) is 6.29 Å². The molecule has 19 heavy (non-hydrogen) atoms. The summed E-state index contributed by atoms with van der Waals surface area (Å²) in [5, 5.41) is 11.0. The van der Waals surface area contributed by atoms with Gasteiger partial charge < -0.3 is 14.2 Å². The standard InChI is InChI=1S/C12H14ClNO5/c13-10-3-2-9(14(15)16)8-11(10)17-7-4-12-18-5-1-6-19-12/h2-3,8,12H,1,4-7H2. The fourth-order valence-corrected chi connectivity index (χ4v) is 1.86. The Bertz CT molecular complexity index is 448. The number of hydrogen-bond donors (Lipinski definition) is 0. The second-order valence-corrected chi connectivity index (χ2v) is 4.44. The molecule has 1 aliphatic rings. The average Bonchev–Trinajstić information content (AvgIpc) is 2.42. The van der Waals surface area contributed by atoms with Gasteiger partial charge in [0.25, 0.3) is 5.69 Å². The Kier molecular flexibility index (Phi) is 4.95. The summed E-state index contributed by atoms with van der Waals surface area (Å²) in [4.78, 5) is 10.2. The monoisotopic (exact) mass is 287 g/mol. The maximum Gasteiger partial charge on any atom is 0.273 e. The number of nitro benzene ring substituents is 1. The normalized spacial score (nSPS) is 16.3. The molecular weight excluding hydrogens is 274 g/mol. The predicted molar refractivity (Wildman–Crippen MR) is 68.5 cm³/mol. The molecule has 0 atom stereocenters. The minimum atomic E-state index is -0.490. The summed E-state index contributed by atoms with van der Waals surface area (Å²) in [5.41, 5.74) is -0.0513. The molecule has 0 aromatic heterocycles. The van der Waals surface area contributed by atoms with Gasteiger partial charge in [0.2, 0.25) is 0 Å². The smallest absolute Gasteiger partial charge is 0.273 e. The Hall–Kier alpha value is -1.37. The highest BCUT2D eigenvalue weighted by Gasteiger charge is 2.15. The van der Waals surface area contributed by atoms with Gasteiger partial charge in [0.1, 0.15) is 5.75 Å². The first-order valence-electron chi connectivity index (χ1n) is 5.97. The average molecular weight is 288 g/mol. The van der Waals surface area contributed by atoms with E-state index in [1.54, 1.807) is 0 Å². The van der Waals surface area contributed by atoms with E-state index in [-0.39, 0.29) is 12.0 Å². The topological polar surface area (TPSA) is 70.8 Å². The minimum Gasteiger partial charge on any atom is -0.492 e. The highest BCUT2D eigenvalue weighted by Crippen LogP contribution is 2.29. The van der Waals surface area contributed by atoms with Gasteiger partial charge in [-0.25, -0.2) is 0 Å². The van der Waals surface area contributed by atoms with Gasteiger partial charge in [0, 0.05) is 12.5 Å². The van der Waals surface area contributed by atoms with Crippen molar-refractivity contribution in [1.82, 2.24) is 0 Å². The van der Waals surface area contributed by atoms with Gasteiger partial charge in [-0.15, -0.1) is 0 Å². The van der Waals surface area contributed by atoms with Gasteiger partial charge in [-0.3, -0.25) is 10.1 Å². The lowest BCUT2D eigenvalue weighted by molar-refractivity contribution is -0.384. The predicted octanol–water partition coefficient (Wildman–Crippen LogP) is 2.78. The van der Waals surface area contributed by atoms with Crippen LogP contribution in [0.5, 0.6) is 5.75 Å². The first-order valence-corrected chi connectivity index (χ1v) is 6.34. The third kappa shape index (κ3) is 4.05. The molecule has 0 aliphatic carbocycles. The summed E-state index contributed by atoms with van der Waals surface area (Å²) in [7, 11) is 0. The lowest BCUT2D eigenvalue weighted by atomic mass is 10.3. The van der Waals surface area contributed by atoms with Crippen LogP contribution >= 0.6 is 11.6 Å². The second kappa shape index (κ2) is 6.70. The molecular formula is C12H14ClNO5. The molecule has 1 aromatic rings. The van der Waals surface area contributed by atoms with Crippen LogP contribution < -0.4 is 4.74 Å². The van der Waals surface area contributed by atoms with Crippen LogP contribution in [-0.4, -0.2) is 31.0 Å². The molecule has 1 fully saturated rings. The van der Waals surface area contributed by atoms with Crippen molar-refractivity contribution < 1.29 is 19.1 Å². The lowest BCUT2D eigenvalue weighted by Crippen LogP contribution is -2.26. The third-order valence-electron chi connectivity index (χ3n) is 2.63. The Morgan fingerprint density at radius 3 is 2.84 bits per heavy atom. The molecule has 7 heteroatoms. The van der Waals surface area contributed by atoms with Crippen molar-refractivity contribution in [3.63, 3.8) is 0 Å². The number of halogens is 1. The van der Waals surface area contributed by atoms with Crippen LogP contribution in [0.15, 0.2) is 18.2 Å². The van der Waals surface area contributed by atoms with Crippen LogP contribution in [0.4, 0.5) is 5.69 Å². The zero-order chi connectivity index (χ0) is 13.7. The van der Waals surface area contributed by atoms with Crippen LogP contribution in [0, 0.1) is 10.1 Å². The molecule has 0 saturated carbocycles. The Morgan fingerprint density at radius 1 is 1.42 bits per heavy atom. The minimum absolute atomic E-state index is 0.0513. The molecule has 104 valence electrons. The summed E-state index contributed by atoms with van der Waals surface area (Å²) in [6.07, 6.45) is 1.18. The number of nitrogens with zero attached hydrogens (tertiary/aromatic N) is 1. The van der Waals surface area contributed by atoms with Gasteiger partial charge in [-0.1, -0.05) is 11.6 Å². The molecule has 0 spiro atoms. The highest BCUT2D eigenvalue weighted by molar-refractivity contribution is 6.32. The lowest BCUT2D eigenvalue weighted by Gasteiger charge is -2.23. The first-order chi connectivity index (χ1) is 9.16. The van der Waals surface area contributed by atoms with E-state index in [0.717, 1.165) is 6.42 Å². The Labute approximate surface area is 115 Å². The van der Waals surface area contributed by atoms with Crippen LogP contribution in [0.3, 0.4) is 0 Å². The van der Waals surface area contributed by atoms with Crippen molar-refractivity contribution >= 4 is 17.3 Å². The van der Waals surface area contributed by atoms with Gasteiger partial charge in [-0.2, -0.15) is 0 Å². The van der Waals surface area contributed by atoms with Gasteiger partial charge >= 0.3 is 0 Å². The maximum absolute atomic E-state index is 10.7. The number of benzene rings is 1. The van der Waals surface area contributed by atoms with E-state index in [9.17, 15) is 10.1 Å². The number of ether oxygens (including phenoxy) is 3. The zero-order valence-electron chi connectivity index (χ0n) is 10.2. The molecule has 6 nitrogen and oxygen atoms in total. The van der Waals surface area contributed by atoms with Gasteiger partial charge in [0.05, 0.1) is 35.8 Å². The van der Waals surface area contributed by atoms with Crippen LogP contribution in [0.25, 0.3) is 0 Å². The van der Waals surface area contributed by atoms with Crippen LogP contribution in [0.1, 0.15) is 12.8 Å². The highest BCUT2D eigenvalue weighted by atomic mass is 35.5. The molecule has 0 amide bonds. The maximum atomic E-state index is 10.7. The third-order valence-corrected chi connectivity index (χ3v) is 2.95. The van der Waals surface area contributed by atoms with E-state index in [1.165, 1.54) is 18.2 Å². The zero-order valence-corrected chi connectivity index (χ0v) is 11.0. The van der Waals surface area contributed by atoms with Crippen molar-refractivity contribution in [3.8, 4) is 5.75 Å². The van der Waals surface area contributed by atoms with Crippen molar-refractivity contribution in [3.05, 3.63) is 33.3 Å². The van der Waals surface area contributed by atoms with Crippen LogP contribution in [-0.2, 0) is 9.47 Å². The van der Waals surface area contributed by atoms with Crippen molar-refractivity contribution in [2.75, 3.05) is 19.8 Å². The molecule has 1 saturated heterocycles. The van der Waals surface area contributed by atoms with Crippen molar-refractivity contribution in [2.24, 2.45) is 0 Å². The quantitative estimate of drug-likeness (QED) is 0.615. The summed E-state index contributed by atoms with van der Waals surface area (Å²) in [6, 6.07) is 4.09. The summed E-state index contributed by atoms with van der Waals surface area (Å²) >= 11 is 5.91. The molecule has 2 rings (SSSR count). The fourth-order valence-electron chi connectivity index (χ4n) is 1.68. The van der Waals surface area contributed by atoms with E-state index in [2.05, 4.69) is 0 Å². The number of non-ortho nitro benzene ring substituents is 1. The summed E-state index contributed by atoms with van der Waals surface area (Å²) in [5.74, 6) is 0.298. The van der Waals surface area contributed by atoms with E-state index >= 15 is 0 Å². The van der Waals surface area contributed by atoms with E-state index in [0.29, 0.717) is 37.0 Å². The van der Waals surface area contributed by atoms with Crippen LogP contribution in [0.2, 0.25) is 5.02 Å². The largest absolute Gasteiger partial charge is 0.492 e. The Balaban J connectivity index is 1.87. The molecule has 0 N–H and O–H groups in total. The van der Waals surface area contributed by atoms with Crippen molar-refractivity contribution in [2.45, 2.75) is 19.1 Å². The molecule has 0 unspecified atom stereocenters. The molecule has 0 bridgehead atoms. The number of hydrogen-bond acceptors (Lipinski definition) is 5. The summed E-state index contributed by atoms with van der Waals surface area (Å²) in [6.45, 7) is 1.69. The number of rotatable bonds is 5. The molecule has 1 aromatic carbocycles. The molecule has 0 radical (unpaired) electrons. The van der Waals surface area contributed by atoms with E-state index < -0.39 is 4.92 Å². The van der Waals surface area contributed by atoms with Crippen molar-refractivity contribution in [1.29, 1.82) is 0 Å². The Morgan fingerprint density at radius 2 is 2.16 bits per heavy atom. The van der Waals surface area contributed by atoms with Gasteiger partial charge in [-0.05, 0) is 12.5 Å². The van der Waals surface area contributed by atoms with E-state index in [4.69, 9.17) is 25.8 Å². The SMILES string of the molecule is O=[N+]([O-])c1ccc(Cl)c(OCCC2OCCCO2)c1. The molecule has 1 heterocycles. The molecule has 1 aliphatic heterocycles.